The average molecular weight is 325 g/mol. The quantitative estimate of drug-likeness (QED) is 0.912. The maximum Gasteiger partial charge on any atom is 0.217 e. The van der Waals surface area contributed by atoms with Crippen molar-refractivity contribution in [3.05, 3.63) is 53.4 Å². The van der Waals surface area contributed by atoms with Crippen molar-refractivity contribution >= 4 is 5.91 Å². The Kier molecular flexibility index (Phi) is 5.15. The van der Waals surface area contributed by atoms with Crippen LogP contribution in [0.3, 0.4) is 0 Å². The molecule has 6 heteroatoms. The Labute approximate surface area is 142 Å². The number of likely N-dealkylation sites (tertiary alicyclic amines) is 1. The van der Waals surface area contributed by atoms with Gasteiger partial charge in [-0.05, 0) is 38.4 Å². The molecule has 1 aliphatic heterocycles. The Morgan fingerprint density at radius 2 is 2.12 bits per heavy atom. The number of carbonyl (C=O) groups is 1. The summed E-state index contributed by atoms with van der Waals surface area (Å²) in [5.74, 6) is 0.758. The summed E-state index contributed by atoms with van der Waals surface area (Å²) in [5.41, 5.74) is 3.10. The van der Waals surface area contributed by atoms with E-state index in [4.69, 9.17) is 4.98 Å². The third kappa shape index (κ3) is 4.14. The van der Waals surface area contributed by atoms with Gasteiger partial charge in [-0.1, -0.05) is 6.07 Å². The van der Waals surface area contributed by atoms with Crippen LogP contribution in [0.5, 0.6) is 0 Å². The van der Waals surface area contributed by atoms with Crippen LogP contribution in [0.25, 0.3) is 0 Å². The van der Waals surface area contributed by atoms with Gasteiger partial charge in [-0.3, -0.25) is 14.7 Å². The highest BCUT2D eigenvalue weighted by Gasteiger charge is 2.27. The number of nitrogens with zero attached hydrogens (tertiary/aromatic N) is 4. The number of nitrogens with one attached hydrogen (secondary N) is 1. The Morgan fingerprint density at radius 3 is 2.88 bits per heavy atom. The van der Waals surface area contributed by atoms with Crippen LogP contribution in [-0.2, 0) is 17.9 Å². The SMILES string of the molecule is CC(=O)NCc1cccc(C2CCCN2Cc2cnc(C)nc2)n1. The number of carbonyl (C=O) groups excluding carboxylic acids is 1. The van der Waals surface area contributed by atoms with Gasteiger partial charge in [0.1, 0.15) is 5.82 Å². The third-order valence-electron chi connectivity index (χ3n) is 4.27. The van der Waals surface area contributed by atoms with E-state index in [2.05, 4.69) is 26.3 Å². The predicted octanol–water partition coefficient (Wildman–Crippen LogP) is 2.15. The lowest BCUT2D eigenvalue weighted by Crippen LogP contribution is -2.24. The number of hydrogen-bond acceptors (Lipinski definition) is 5. The molecule has 0 aromatic carbocycles. The lowest BCUT2D eigenvalue weighted by Gasteiger charge is -2.24. The van der Waals surface area contributed by atoms with Gasteiger partial charge in [0, 0.05) is 31.4 Å². The van der Waals surface area contributed by atoms with Crippen LogP contribution in [0.2, 0.25) is 0 Å². The van der Waals surface area contributed by atoms with Crippen LogP contribution in [0.4, 0.5) is 0 Å². The molecule has 0 aliphatic carbocycles. The molecular formula is C18H23N5O. The summed E-state index contributed by atoms with van der Waals surface area (Å²) in [6.45, 7) is 5.78. The standard InChI is InChI=1S/C18H23N5O/c1-13-19-9-15(10-20-13)12-23-8-4-7-18(23)17-6-3-5-16(22-17)11-21-14(2)24/h3,5-6,9-10,18H,4,7-8,11-12H2,1-2H3,(H,21,24). The smallest absolute Gasteiger partial charge is 0.217 e. The normalized spacial score (nSPS) is 17.8. The van der Waals surface area contributed by atoms with E-state index < -0.39 is 0 Å². The van der Waals surface area contributed by atoms with Gasteiger partial charge in [0.25, 0.3) is 0 Å². The average Bonchev–Trinajstić information content (AvgIpc) is 3.03. The van der Waals surface area contributed by atoms with E-state index in [-0.39, 0.29) is 5.91 Å². The second-order valence-electron chi connectivity index (χ2n) is 6.23. The Morgan fingerprint density at radius 1 is 1.33 bits per heavy atom. The molecule has 1 N–H and O–H groups in total. The fourth-order valence-electron chi connectivity index (χ4n) is 3.08. The van der Waals surface area contributed by atoms with E-state index in [1.165, 1.54) is 6.92 Å². The van der Waals surface area contributed by atoms with E-state index in [0.717, 1.165) is 48.7 Å². The fourth-order valence-corrected chi connectivity index (χ4v) is 3.08. The molecule has 1 amide bonds. The molecule has 1 aliphatic rings. The summed E-state index contributed by atoms with van der Waals surface area (Å²) in [6, 6.07) is 6.35. The zero-order valence-electron chi connectivity index (χ0n) is 14.2. The third-order valence-corrected chi connectivity index (χ3v) is 4.27. The Bertz CT molecular complexity index is 701. The molecule has 6 nitrogen and oxygen atoms in total. The van der Waals surface area contributed by atoms with Crippen molar-refractivity contribution in [2.24, 2.45) is 0 Å². The summed E-state index contributed by atoms with van der Waals surface area (Å²) in [4.78, 5) is 26.8. The highest BCUT2D eigenvalue weighted by atomic mass is 16.1. The summed E-state index contributed by atoms with van der Waals surface area (Å²) in [5, 5.41) is 2.80. The molecule has 1 saturated heterocycles. The lowest BCUT2D eigenvalue weighted by atomic mass is 10.1. The van der Waals surface area contributed by atoms with E-state index in [1.807, 2.05) is 31.5 Å². The second kappa shape index (κ2) is 7.49. The summed E-state index contributed by atoms with van der Waals surface area (Å²) in [7, 11) is 0. The molecule has 0 saturated carbocycles. The number of pyridine rings is 1. The maximum atomic E-state index is 11.1. The zero-order chi connectivity index (χ0) is 16.9. The number of rotatable bonds is 5. The van der Waals surface area contributed by atoms with Gasteiger partial charge in [0.05, 0.1) is 24.0 Å². The minimum Gasteiger partial charge on any atom is -0.351 e. The molecule has 126 valence electrons. The van der Waals surface area contributed by atoms with Gasteiger partial charge in [-0.25, -0.2) is 9.97 Å². The summed E-state index contributed by atoms with van der Waals surface area (Å²) >= 11 is 0. The first-order valence-corrected chi connectivity index (χ1v) is 8.33. The van der Waals surface area contributed by atoms with E-state index in [9.17, 15) is 4.79 Å². The van der Waals surface area contributed by atoms with Crippen molar-refractivity contribution in [1.29, 1.82) is 0 Å². The van der Waals surface area contributed by atoms with Crippen LogP contribution < -0.4 is 5.32 Å². The van der Waals surface area contributed by atoms with Crippen LogP contribution in [0.1, 0.15) is 48.6 Å². The Hall–Kier alpha value is -2.34. The minimum absolute atomic E-state index is 0.0379. The Balaban J connectivity index is 1.71. The summed E-state index contributed by atoms with van der Waals surface area (Å²) in [6.07, 6.45) is 6.06. The van der Waals surface area contributed by atoms with Crippen molar-refractivity contribution in [3.63, 3.8) is 0 Å². The largest absolute Gasteiger partial charge is 0.351 e. The van der Waals surface area contributed by atoms with Crippen LogP contribution in [0.15, 0.2) is 30.6 Å². The highest BCUT2D eigenvalue weighted by Crippen LogP contribution is 2.32. The van der Waals surface area contributed by atoms with Crippen molar-refractivity contribution in [1.82, 2.24) is 25.2 Å². The van der Waals surface area contributed by atoms with Gasteiger partial charge >= 0.3 is 0 Å². The molecule has 1 atom stereocenters. The zero-order valence-corrected chi connectivity index (χ0v) is 14.2. The lowest BCUT2D eigenvalue weighted by molar-refractivity contribution is -0.119. The number of amides is 1. The first-order valence-electron chi connectivity index (χ1n) is 8.33. The first-order chi connectivity index (χ1) is 11.6. The molecule has 3 rings (SSSR count). The van der Waals surface area contributed by atoms with Crippen molar-refractivity contribution in [3.8, 4) is 0 Å². The molecule has 2 aromatic rings. The maximum absolute atomic E-state index is 11.1. The van der Waals surface area contributed by atoms with E-state index >= 15 is 0 Å². The molecule has 24 heavy (non-hydrogen) atoms. The van der Waals surface area contributed by atoms with Crippen LogP contribution in [0, 0.1) is 6.92 Å². The molecule has 0 bridgehead atoms. The molecular weight excluding hydrogens is 302 g/mol. The van der Waals surface area contributed by atoms with Gasteiger partial charge in [-0.15, -0.1) is 0 Å². The first kappa shape index (κ1) is 16.5. The predicted molar refractivity (Wildman–Crippen MR) is 90.9 cm³/mol. The summed E-state index contributed by atoms with van der Waals surface area (Å²) < 4.78 is 0. The monoisotopic (exact) mass is 325 g/mol. The number of aryl methyl sites for hydroxylation is 1. The molecule has 3 heterocycles. The van der Waals surface area contributed by atoms with Crippen LogP contribution >= 0.6 is 0 Å². The van der Waals surface area contributed by atoms with Crippen LogP contribution in [-0.4, -0.2) is 32.3 Å². The number of hydrogen-bond donors (Lipinski definition) is 1. The fraction of sp³-hybridized carbons (Fsp3) is 0.444. The topological polar surface area (TPSA) is 71.0 Å². The van der Waals surface area contributed by atoms with Gasteiger partial charge in [0.15, 0.2) is 0 Å². The van der Waals surface area contributed by atoms with E-state index in [0.29, 0.717) is 12.6 Å². The highest BCUT2D eigenvalue weighted by molar-refractivity contribution is 5.72. The molecule has 1 fully saturated rings. The molecule has 1 unspecified atom stereocenters. The van der Waals surface area contributed by atoms with Crippen molar-refractivity contribution in [2.45, 2.75) is 45.8 Å². The molecule has 0 spiro atoms. The molecule has 2 aromatic heterocycles. The van der Waals surface area contributed by atoms with E-state index in [1.54, 1.807) is 0 Å². The van der Waals surface area contributed by atoms with Crippen molar-refractivity contribution in [2.75, 3.05) is 6.54 Å². The molecule has 0 radical (unpaired) electrons. The van der Waals surface area contributed by atoms with Gasteiger partial charge in [-0.2, -0.15) is 0 Å². The minimum atomic E-state index is -0.0379. The van der Waals surface area contributed by atoms with Gasteiger partial charge < -0.3 is 5.32 Å². The van der Waals surface area contributed by atoms with Gasteiger partial charge in [0.2, 0.25) is 5.91 Å². The number of aromatic nitrogens is 3. The van der Waals surface area contributed by atoms with Crippen molar-refractivity contribution < 1.29 is 4.79 Å². The second-order valence-corrected chi connectivity index (χ2v) is 6.23.